The van der Waals surface area contributed by atoms with Gasteiger partial charge in [-0.25, -0.2) is 4.98 Å². The molecule has 1 aromatic heterocycles. The Morgan fingerprint density at radius 3 is 2.24 bits per heavy atom. The standard InChI is InChI=1S/C25H27F3N2O4/c1-32-23-13-19-21(15-24(23)33-2)29-20(16-3-5-17(6-4-16)25(26,27)28)14-22(19)34-12-11-30-9-7-18(31)8-10-30/h3-6,13-15,18,31H,7-12H2,1-2H3. The number of hydrogen-bond donors (Lipinski definition) is 1. The number of aromatic nitrogens is 1. The van der Waals surface area contributed by atoms with Gasteiger partial charge in [0.25, 0.3) is 0 Å². The maximum absolute atomic E-state index is 13.0. The predicted molar refractivity (Wildman–Crippen MR) is 122 cm³/mol. The molecular formula is C25H27F3N2O4. The highest BCUT2D eigenvalue weighted by Gasteiger charge is 2.30. The van der Waals surface area contributed by atoms with Crippen molar-refractivity contribution in [3.8, 4) is 28.5 Å². The second kappa shape index (κ2) is 10.1. The molecule has 0 unspecified atom stereocenters. The molecule has 9 heteroatoms. The molecule has 0 amide bonds. The first-order chi connectivity index (χ1) is 16.3. The van der Waals surface area contributed by atoms with E-state index < -0.39 is 11.7 Å². The quantitative estimate of drug-likeness (QED) is 0.530. The van der Waals surface area contributed by atoms with Crippen LogP contribution in [0, 0.1) is 0 Å². The average molecular weight is 476 g/mol. The second-order valence-corrected chi connectivity index (χ2v) is 8.23. The van der Waals surface area contributed by atoms with Gasteiger partial charge in [0.2, 0.25) is 0 Å². The van der Waals surface area contributed by atoms with Gasteiger partial charge in [-0.3, -0.25) is 4.90 Å². The maximum atomic E-state index is 13.0. The van der Waals surface area contributed by atoms with Gasteiger partial charge in [0.15, 0.2) is 11.5 Å². The Morgan fingerprint density at radius 2 is 1.62 bits per heavy atom. The number of aliphatic hydroxyl groups excluding tert-OH is 1. The van der Waals surface area contributed by atoms with E-state index in [2.05, 4.69) is 9.88 Å². The van der Waals surface area contributed by atoms with Crippen molar-refractivity contribution in [2.45, 2.75) is 25.1 Å². The molecule has 0 atom stereocenters. The summed E-state index contributed by atoms with van der Waals surface area (Å²) in [5.41, 5.74) is 0.891. The lowest BCUT2D eigenvalue weighted by Gasteiger charge is -2.29. The van der Waals surface area contributed by atoms with E-state index in [-0.39, 0.29) is 6.10 Å². The van der Waals surface area contributed by atoms with Crippen molar-refractivity contribution in [3.05, 3.63) is 48.0 Å². The summed E-state index contributed by atoms with van der Waals surface area (Å²) < 4.78 is 55.9. The summed E-state index contributed by atoms with van der Waals surface area (Å²) in [6.45, 7) is 2.72. The third-order valence-corrected chi connectivity index (χ3v) is 6.01. The van der Waals surface area contributed by atoms with Crippen molar-refractivity contribution < 1.29 is 32.5 Å². The van der Waals surface area contributed by atoms with Gasteiger partial charge in [-0.05, 0) is 31.0 Å². The van der Waals surface area contributed by atoms with Crippen LogP contribution in [0.1, 0.15) is 18.4 Å². The summed E-state index contributed by atoms with van der Waals surface area (Å²) in [4.78, 5) is 6.89. The molecule has 34 heavy (non-hydrogen) atoms. The maximum Gasteiger partial charge on any atom is 0.416 e. The Kier molecular flexibility index (Phi) is 7.13. The van der Waals surface area contributed by atoms with Gasteiger partial charge in [-0.1, -0.05) is 12.1 Å². The summed E-state index contributed by atoms with van der Waals surface area (Å²) in [6.07, 6.45) is -3.16. The van der Waals surface area contributed by atoms with Gasteiger partial charge in [-0.2, -0.15) is 13.2 Å². The SMILES string of the molecule is COc1cc2nc(-c3ccc(C(F)(F)F)cc3)cc(OCCN3CCC(O)CC3)c2cc1OC. The number of ether oxygens (including phenoxy) is 3. The van der Waals surface area contributed by atoms with Crippen molar-refractivity contribution >= 4 is 10.9 Å². The Balaban J connectivity index is 1.66. The van der Waals surface area contributed by atoms with Crippen molar-refractivity contribution in [2.75, 3.05) is 40.5 Å². The van der Waals surface area contributed by atoms with Crippen molar-refractivity contribution in [1.82, 2.24) is 9.88 Å². The molecule has 1 N–H and O–H groups in total. The first-order valence-corrected chi connectivity index (χ1v) is 11.1. The highest BCUT2D eigenvalue weighted by molar-refractivity contribution is 5.90. The Bertz CT molecular complexity index is 1130. The van der Waals surface area contributed by atoms with E-state index in [0.29, 0.717) is 52.6 Å². The minimum absolute atomic E-state index is 0.241. The van der Waals surface area contributed by atoms with E-state index in [1.54, 1.807) is 25.3 Å². The topological polar surface area (TPSA) is 64.1 Å². The molecule has 0 bridgehead atoms. The molecule has 6 nitrogen and oxygen atoms in total. The van der Waals surface area contributed by atoms with Crippen LogP contribution in [0.5, 0.6) is 17.2 Å². The number of likely N-dealkylation sites (tertiary alicyclic amines) is 1. The molecule has 0 spiro atoms. The van der Waals surface area contributed by atoms with Gasteiger partial charge in [0, 0.05) is 42.7 Å². The molecule has 0 radical (unpaired) electrons. The van der Waals surface area contributed by atoms with Crippen LogP contribution in [0.15, 0.2) is 42.5 Å². The normalized spacial score (nSPS) is 15.5. The molecule has 1 aliphatic rings. The molecule has 1 saturated heterocycles. The van der Waals surface area contributed by atoms with E-state index in [4.69, 9.17) is 14.2 Å². The molecule has 3 aromatic rings. The van der Waals surface area contributed by atoms with Gasteiger partial charge in [0.1, 0.15) is 12.4 Å². The summed E-state index contributed by atoms with van der Waals surface area (Å²) in [5.74, 6) is 1.57. The molecule has 2 heterocycles. The number of alkyl halides is 3. The lowest BCUT2D eigenvalue weighted by Crippen LogP contribution is -2.38. The zero-order valence-corrected chi connectivity index (χ0v) is 19.1. The minimum atomic E-state index is -4.40. The average Bonchev–Trinajstić information content (AvgIpc) is 2.83. The first-order valence-electron chi connectivity index (χ1n) is 11.1. The number of halogens is 3. The third kappa shape index (κ3) is 5.37. The molecular weight excluding hydrogens is 449 g/mol. The Labute approximate surface area is 195 Å². The summed E-state index contributed by atoms with van der Waals surface area (Å²) in [7, 11) is 3.06. The monoisotopic (exact) mass is 476 g/mol. The fourth-order valence-electron chi connectivity index (χ4n) is 4.05. The largest absolute Gasteiger partial charge is 0.493 e. The zero-order valence-electron chi connectivity index (χ0n) is 19.1. The second-order valence-electron chi connectivity index (χ2n) is 8.23. The summed E-state index contributed by atoms with van der Waals surface area (Å²) in [6, 6.07) is 10.1. The lowest BCUT2D eigenvalue weighted by molar-refractivity contribution is -0.137. The third-order valence-electron chi connectivity index (χ3n) is 6.01. The number of aliphatic hydroxyl groups is 1. The van der Waals surface area contributed by atoms with Crippen molar-refractivity contribution in [2.24, 2.45) is 0 Å². The first kappa shape index (κ1) is 24.1. The molecule has 0 aliphatic carbocycles. The fraction of sp³-hybridized carbons (Fsp3) is 0.400. The summed E-state index contributed by atoms with van der Waals surface area (Å²) in [5, 5.41) is 10.4. The molecule has 1 fully saturated rings. The lowest BCUT2D eigenvalue weighted by atomic mass is 10.1. The van der Waals surface area contributed by atoms with Crippen molar-refractivity contribution in [3.63, 3.8) is 0 Å². The number of pyridine rings is 1. The van der Waals surface area contributed by atoms with E-state index in [1.165, 1.54) is 19.2 Å². The number of piperidine rings is 1. The van der Waals surface area contributed by atoms with E-state index in [9.17, 15) is 18.3 Å². The van der Waals surface area contributed by atoms with E-state index in [0.717, 1.165) is 38.1 Å². The van der Waals surface area contributed by atoms with Crippen LogP contribution in [-0.2, 0) is 6.18 Å². The van der Waals surface area contributed by atoms with Crippen LogP contribution in [-0.4, -0.2) is 61.6 Å². The highest BCUT2D eigenvalue weighted by Crippen LogP contribution is 2.38. The molecule has 1 aliphatic heterocycles. The predicted octanol–water partition coefficient (Wildman–Crippen LogP) is 4.77. The Hall–Kier alpha value is -3.04. The number of rotatable bonds is 7. The van der Waals surface area contributed by atoms with Crippen molar-refractivity contribution in [1.29, 1.82) is 0 Å². The number of hydrogen-bond acceptors (Lipinski definition) is 6. The molecule has 4 rings (SSSR count). The summed E-state index contributed by atoms with van der Waals surface area (Å²) >= 11 is 0. The molecule has 182 valence electrons. The fourth-order valence-corrected chi connectivity index (χ4v) is 4.05. The van der Waals surface area contributed by atoms with Gasteiger partial charge in [-0.15, -0.1) is 0 Å². The molecule has 0 saturated carbocycles. The van der Waals surface area contributed by atoms with Gasteiger partial charge in [0.05, 0.1) is 37.1 Å². The Morgan fingerprint density at radius 1 is 0.971 bits per heavy atom. The van der Waals surface area contributed by atoms with Gasteiger partial charge < -0.3 is 19.3 Å². The number of benzene rings is 2. The van der Waals surface area contributed by atoms with Gasteiger partial charge >= 0.3 is 6.18 Å². The minimum Gasteiger partial charge on any atom is -0.493 e. The number of methoxy groups -OCH3 is 2. The van der Waals surface area contributed by atoms with Crippen LogP contribution in [0.2, 0.25) is 0 Å². The van der Waals surface area contributed by atoms with Crippen LogP contribution in [0.4, 0.5) is 13.2 Å². The van der Waals surface area contributed by atoms with Crippen LogP contribution in [0.3, 0.4) is 0 Å². The smallest absolute Gasteiger partial charge is 0.416 e. The zero-order chi connectivity index (χ0) is 24.3. The van der Waals surface area contributed by atoms with E-state index >= 15 is 0 Å². The van der Waals surface area contributed by atoms with E-state index in [1.807, 2.05) is 0 Å². The number of fused-ring (bicyclic) bond motifs is 1. The highest BCUT2D eigenvalue weighted by atomic mass is 19.4. The van der Waals surface area contributed by atoms with Crippen LogP contribution in [0.25, 0.3) is 22.2 Å². The van der Waals surface area contributed by atoms with Crippen LogP contribution < -0.4 is 14.2 Å². The molecule has 2 aromatic carbocycles. The van der Waals surface area contributed by atoms with Crippen LogP contribution >= 0.6 is 0 Å². The number of nitrogens with zero attached hydrogens (tertiary/aromatic N) is 2.